The highest BCUT2D eigenvalue weighted by atomic mass is 32.2. The number of rotatable bonds is 6. The van der Waals surface area contributed by atoms with Crippen LogP contribution in [0.4, 0.5) is 13.2 Å². The Kier molecular flexibility index (Phi) is 6.00. The number of nitrogens with one attached hydrogen (secondary N) is 1. The standard InChI is InChI=1S/C20H20F3N7O4S/c1-4-35(33,34)19-14(16-24-6-5-13(30(16)28-19)18(32)26-8-10(2)31)17-27-12-7-11(20(21,22)23)9-25-15(12)29(17)3/h5-7,9-10,31H,4,8H2,1-3H3,(H,26,32). The predicted molar refractivity (Wildman–Crippen MR) is 117 cm³/mol. The lowest BCUT2D eigenvalue weighted by Crippen LogP contribution is -2.32. The molecule has 0 radical (unpaired) electrons. The fourth-order valence-electron chi connectivity index (χ4n) is 3.43. The van der Waals surface area contributed by atoms with Gasteiger partial charge in [-0.05, 0) is 19.1 Å². The number of imidazole rings is 1. The Morgan fingerprint density at radius 2 is 1.97 bits per heavy atom. The monoisotopic (exact) mass is 511 g/mol. The number of aliphatic hydroxyl groups is 1. The zero-order valence-electron chi connectivity index (χ0n) is 18.7. The molecule has 0 aliphatic heterocycles. The van der Waals surface area contributed by atoms with E-state index in [9.17, 15) is 31.5 Å². The number of amides is 1. The summed E-state index contributed by atoms with van der Waals surface area (Å²) in [4.78, 5) is 24.9. The van der Waals surface area contributed by atoms with Crippen LogP contribution in [-0.4, -0.2) is 67.0 Å². The minimum atomic E-state index is -4.64. The maximum Gasteiger partial charge on any atom is 0.417 e. The molecule has 186 valence electrons. The van der Waals surface area contributed by atoms with Gasteiger partial charge in [-0.2, -0.15) is 18.3 Å². The summed E-state index contributed by atoms with van der Waals surface area (Å²) >= 11 is 0. The number of carbonyl (C=O) groups excluding carboxylic acids is 1. The number of halogens is 3. The number of fused-ring (bicyclic) bond motifs is 2. The first-order valence-electron chi connectivity index (χ1n) is 10.3. The zero-order valence-corrected chi connectivity index (χ0v) is 19.5. The van der Waals surface area contributed by atoms with Gasteiger partial charge in [0.1, 0.15) is 22.6 Å². The van der Waals surface area contributed by atoms with Crippen molar-refractivity contribution in [2.75, 3.05) is 12.3 Å². The molecule has 1 unspecified atom stereocenters. The molecule has 0 spiro atoms. The van der Waals surface area contributed by atoms with Gasteiger partial charge in [0.25, 0.3) is 5.91 Å². The number of nitrogens with zero attached hydrogens (tertiary/aromatic N) is 6. The number of aromatic nitrogens is 6. The summed E-state index contributed by atoms with van der Waals surface area (Å²) in [7, 11) is -2.52. The van der Waals surface area contributed by atoms with Gasteiger partial charge in [0.05, 0.1) is 17.4 Å². The van der Waals surface area contributed by atoms with Crippen molar-refractivity contribution in [3.8, 4) is 11.4 Å². The second-order valence-electron chi connectivity index (χ2n) is 7.77. The van der Waals surface area contributed by atoms with Crippen molar-refractivity contribution in [1.82, 2.24) is 34.4 Å². The summed E-state index contributed by atoms with van der Waals surface area (Å²) in [6.07, 6.45) is -3.54. The molecule has 0 aromatic carbocycles. The van der Waals surface area contributed by atoms with E-state index in [0.717, 1.165) is 10.6 Å². The van der Waals surface area contributed by atoms with E-state index < -0.39 is 38.6 Å². The van der Waals surface area contributed by atoms with Gasteiger partial charge < -0.3 is 15.0 Å². The van der Waals surface area contributed by atoms with Gasteiger partial charge in [0.2, 0.25) is 0 Å². The van der Waals surface area contributed by atoms with Crippen LogP contribution in [-0.2, 0) is 23.1 Å². The molecule has 0 bridgehead atoms. The van der Waals surface area contributed by atoms with E-state index in [4.69, 9.17) is 0 Å². The third-order valence-electron chi connectivity index (χ3n) is 5.21. The largest absolute Gasteiger partial charge is 0.417 e. The van der Waals surface area contributed by atoms with Crippen LogP contribution in [0.25, 0.3) is 28.2 Å². The average molecular weight is 511 g/mol. The van der Waals surface area contributed by atoms with E-state index >= 15 is 0 Å². The number of hydrogen-bond acceptors (Lipinski definition) is 8. The Balaban J connectivity index is 2.00. The fraction of sp³-hybridized carbons (Fsp3) is 0.350. The summed E-state index contributed by atoms with van der Waals surface area (Å²) in [5, 5.41) is 15.7. The number of alkyl halides is 3. The lowest BCUT2D eigenvalue weighted by atomic mass is 10.2. The number of carbonyl (C=O) groups is 1. The highest BCUT2D eigenvalue weighted by Gasteiger charge is 2.33. The van der Waals surface area contributed by atoms with Crippen LogP contribution in [0.5, 0.6) is 0 Å². The number of aryl methyl sites for hydroxylation is 1. The molecular weight excluding hydrogens is 491 g/mol. The third-order valence-corrected chi connectivity index (χ3v) is 6.85. The number of hydrogen-bond donors (Lipinski definition) is 2. The Hall–Kier alpha value is -3.59. The molecule has 0 saturated heterocycles. The van der Waals surface area contributed by atoms with Crippen molar-refractivity contribution >= 4 is 32.6 Å². The second-order valence-corrected chi connectivity index (χ2v) is 9.96. The lowest BCUT2D eigenvalue weighted by Gasteiger charge is -2.08. The molecular formula is C20H20F3N7O4S. The van der Waals surface area contributed by atoms with Gasteiger partial charge in [-0.1, -0.05) is 6.92 Å². The SMILES string of the molecule is CCS(=O)(=O)c1nn2c(C(=O)NCC(C)O)ccnc2c1-c1nc2cc(C(F)(F)F)cnc2n1C. The van der Waals surface area contributed by atoms with E-state index in [2.05, 4.69) is 25.4 Å². The van der Waals surface area contributed by atoms with E-state index in [1.54, 1.807) is 0 Å². The Bertz CT molecular complexity index is 1560. The van der Waals surface area contributed by atoms with Gasteiger partial charge in [0.15, 0.2) is 26.2 Å². The minimum absolute atomic E-state index is 0.0390. The predicted octanol–water partition coefficient (Wildman–Crippen LogP) is 1.60. The molecule has 1 atom stereocenters. The van der Waals surface area contributed by atoms with E-state index in [0.29, 0.717) is 6.20 Å². The maximum absolute atomic E-state index is 13.2. The van der Waals surface area contributed by atoms with Crippen molar-refractivity contribution in [1.29, 1.82) is 0 Å². The molecule has 0 aliphatic carbocycles. The Labute approximate surface area is 196 Å². The van der Waals surface area contributed by atoms with E-state index in [-0.39, 0.29) is 46.2 Å². The van der Waals surface area contributed by atoms with Crippen molar-refractivity contribution in [3.05, 3.63) is 35.8 Å². The first-order chi connectivity index (χ1) is 16.3. The molecule has 1 amide bonds. The van der Waals surface area contributed by atoms with Crippen LogP contribution in [0.15, 0.2) is 29.6 Å². The van der Waals surface area contributed by atoms with Crippen molar-refractivity contribution < 1.29 is 31.5 Å². The molecule has 4 aromatic rings. The molecule has 11 nitrogen and oxygen atoms in total. The van der Waals surface area contributed by atoms with Crippen LogP contribution in [0.3, 0.4) is 0 Å². The summed E-state index contributed by atoms with van der Waals surface area (Å²) in [6.45, 7) is 2.82. The van der Waals surface area contributed by atoms with Gasteiger partial charge in [-0.3, -0.25) is 4.79 Å². The molecule has 4 rings (SSSR count). The van der Waals surface area contributed by atoms with Crippen molar-refractivity contribution in [2.45, 2.75) is 31.2 Å². The topological polar surface area (TPSA) is 144 Å². The Morgan fingerprint density at radius 3 is 2.60 bits per heavy atom. The Morgan fingerprint density at radius 1 is 1.26 bits per heavy atom. The highest BCUT2D eigenvalue weighted by Crippen LogP contribution is 2.34. The van der Waals surface area contributed by atoms with Crippen LogP contribution in [0.2, 0.25) is 0 Å². The summed E-state index contributed by atoms with van der Waals surface area (Å²) in [5.74, 6) is -1.02. The van der Waals surface area contributed by atoms with Crippen LogP contribution in [0, 0.1) is 0 Å². The van der Waals surface area contributed by atoms with Gasteiger partial charge >= 0.3 is 6.18 Å². The molecule has 2 N–H and O–H groups in total. The van der Waals surface area contributed by atoms with Crippen LogP contribution < -0.4 is 5.32 Å². The molecule has 4 aromatic heterocycles. The zero-order chi connectivity index (χ0) is 25.7. The van der Waals surface area contributed by atoms with Gasteiger partial charge in [-0.15, -0.1) is 0 Å². The van der Waals surface area contributed by atoms with Gasteiger partial charge in [-0.25, -0.2) is 27.9 Å². The van der Waals surface area contributed by atoms with Crippen LogP contribution >= 0.6 is 0 Å². The lowest BCUT2D eigenvalue weighted by molar-refractivity contribution is -0.137. The average Bonchev–Trinajstić information content (AvgIpc) is 3.34. The molecule has 0 fully saturated rings. The normalized spacial score (nSPS) is 13.5. The van der Waals surface area contributed by atoms with E-state index in [1.165, 1.54) is 37.7 Å². The van der Waals surface area contributed by atoms with Crippen molar-refractivity contribution in [2.24, 2.45) is 7.05 Å². The number of aliphatic hydroxyl groups excluding tert-OH is 1. The summed E-state index contributed by atoms with van der Waals surface area (Å²) < 4.78 is 67.8. The number of sulfone groups is 1. The molecule has 35 heavy (non-hydrogen) atoms. The molecule has 4 heterocycles. The summed E-state index contributed by atoms with van der Waals surface area (Å²) in [5.41, 5.74) is -1.22. The number of pyridine rings is 1. The first kappa shape index (κ1) is 24.5. The second kappa shape index (κ2) is 8.57. The van der Waals surface area contributed by atoms with Crippen molar-refractivity contribution in [3.63, 3.8) is 0 Å². The van der Waals surface area contributed by atoms with E-state index in [1.807, 2.05) is 0 Å². The maximum atomic E-state index is 13.2. The molecule has 15 heteroatoms. The molecule has 0 aliphatic rings. The smallest absolute Gasteiger partial charge is 0.392 e. The highest BCUT2D eigenvalue weighted by molar-refractivity contribution is 7.91. The quantitative estimate of drug-likeness (QED) is 0.397. The fourth-order valence-corrected chi connectivity index (χ4v) is 4.41. The molecule has 0 saturated carbocycles. The third kappa shape index (κ3) is 4.32. The minimum Gasteiger partial charge on any atom is -0.392 e. The first-order valence-corrected chi connectivity index (χ1v) is 12.0. The van der Waals surface area contributed by atoms with Gasteiger partial charge in [0, 0.05) is 26.0 Å². The van der Waals surface area contributed by atoms with Crippen LogP contribution in [0.1, 0.15) is 29.9 Å². The summed E-state index contributed by atoms with van der Waals surface area (Å²) in [6, 6.07) is 2.13.